The van der Waals surface area contributed by atoms with E-state index < -0.39 is 22.8 Å². The maximum Gasteiger partial charge on any atom is 0.313 e. The molecule has 0 saturated heterocycles. The molecule has 8 nitrogen and oxygen atoms in total. The normalized spacial score (nSPS) is 11.6. The number of carbonyl (C=O) groups excluding carboxylic acids is 2. The van der Waals surface area contributed by atoms with Gasteiger partial charge in [-0.3, -0.25) is 19.7 Å². The SMILES string of the molecule is Cc1ccc([N+](=O)[O-])cc1NC(=O)C(=O)NCCC(O)c1cccs1. The summed E-state index contributed by atoms with van der Waals surface area (Å²) >= 11 is 1.41. The van der Waals surface area contributed by atoms with Crippen molar-refractivity contribution in [3.63, 3.8) is 0 Å². The van der Waals surface area contributed by atoms with E-state index in [0.717, 1.165) is 4.88 Å². The Hall–Kier alpha value is -2.78. The first-order chi connectivity index (χ1) is 11.9. The Kier molecular flexibility index (Phi) is 6.20. The molecule has 132 valence electrons. The summed E-state index contributed by atoms with van der Waals surface area (Å²) in [5.41, 5.74) is 0.619. The maximum atomic E-state index is 11.9. The average Bonchev–Trinajstić information content (AvgIpc) is 3.10. The highest BCUT2D eigenvalue weighted by atomic mass is 32.1. The number of non-ortho nitro benzene ring substituents is 1. The van der Waals surface area contributed by atoms with E-state index in [2.05, 4.69) is 10.6 Å². The van der Waals surface area contributed by atoms with Gasteiger partial charge in [-0.05, 0) is 30.4 Å². The predicted molar refractivity (Wildman–Crippen MR) is 93.4 cm³/mol. The van der Waals surface area contributed by atoms with Gasteiger partial charge < -0.3 is 15.7 Å². The highest BCUT2D eigenvalue weighted by Gasteiger charge is 2.17. The standard InChI is InChI=1S/C16H17N3O5S/c1-10-4-5-11(19(23)24)9-12(10)18-16(22)15(21)17-7-6-13(20)14-3-2-8-25-14/h2-5,8-9,13,20H,6-7H2,1H3,(H,17,21)(H,18,22). The maximum absolute atomic E-state index is 11.9. The highest BCUT2D eigenvalue weighted by molar-refractivity contribution is 7.10. The average molecular weight is 363 g/mol. The first-order valence-corrected chi connectivity index (χ1v) is 8.32. The number of nitrogens with one attached hydrogen (secondary N) is 2. The van der Waals surface area contributed by atoms with E-state index in [1.165, 1.54) is 29.5 Å². The zero-order chi connectivity index (χ0) is 18.4. The minimum absolute atomic E-state index is 0.124. The topological polar surface area (TPSA) is 122 Å². The summed E-state index contributed by atoms with van der Waals surface area (Å²) in [6, 6.07) is 7.60. The molecule has 1 aromatic heterocycles. The van der Waals surface area contributed by atoms with Crippen molar-refractivity contribution in [1.29, 1.82) is 0 Å². The van der Waals surface area contributed by atoms with Gasteiger partial charge in [0.2, 0.25) is 0 Å². The van der Waals surface area contributed by atoms with Gasteiger partial charge in [0.1, 0.15) is 0 Å². The van der Waals surface area contributed by atoms with Crippen molar-refractivity contribution < 1.29 is 19.6 Å². The second kappa shape index (κ2) is 8.36. The third kappa shape index (κ3) is 5.10. The molecule has 1 heterocycles. The number of rotatable bonds is 6. The van der Waals surface area contributed by atoms with Gasteiger partial charge in [0.05, 0.1) is 16.7 Å². The second-order valence-corrected chi connectivity index (χ2v) is 6.27. The number of nitro groups is 1. The van der Waals surface area contributed by atoms with Crippen LogP contribution in [0.1, 0.15) is 23.0 Å². The van der Waals surface area contributed by atoms with Crippen LogP contribution in [0.4, 0.5) is 11.4 Å². The third-order valence-electron chi connectivity index (χ3n) is 3.46. The Bertz CT molecular complexity index is 776. The Morgan fingerprint density at radius 1 is 1.32 bits per heavy atom. The van der Waals surface area contributed by atoms with Crippen molar-refractivity contribution in [3.05, 3.63) is 56.3 Å². The molecule has 0 aliphatic carbocycles. The van der Waals surface area contributed by atoms with Crippen molar-refractivity contribution in [2.45, 2.75) is 19.4 Å². The summed E-state index contributed by atoms with van der Waals surface area (Å²) in [4.78, 5) is 34.7. The lowest BCUT2D eigenvalue weighted by Gasteiger charge is -2.10. The van der Waals surface area contributed by atoms with Gasteiger partial charge in [0.25, 0.3) is 5.69 Å². The van der Waals surface area contributed by atoms with Crippen molar-refractivity contribution in [1.82, 2.24) is 5.32 Å². The summed E-state index contributed by atoms with van der Waals surface area (Å²) in [6.07, 6.45) is -0.433. The van der Waals surface area contributed by atoms with Crippen molar-refractivity contribution in [2.75, 3.05) is 11.9 Å². The minimum Gasteiger partial charge on any atom is -0.388 e. The molecule has 3 N–H and O–H groups in total. The molecule has 0 bridgehead atoms. The number of anilines is 1. The first kappa shape index (κ1) is 18.6. The van der Waals surface area contributed by atoms with E-state index in [4.69, 9.17) is 0 Å². The first-order valence-electron chi connectivity index (χ1n) is 7.44. The van der Waals surface area contributed by atoms with Gasteiger partial charge >= 0.3 is 11.8 Å². The number of nitrogens with zero attached hydrogens (tertiary/aromatic N) is 1. The largest absolute Gasteiger partial charge is 0.388 e. The van der Waals surface area contributed by atoms with Crippen LogP contribution < -0.4 is 10.6 Å². The predicted octanol–water partition coefficient (Wildman–Crippen LogP) is 2.14. The number of thiophene rings is 1. The molecule has 0 saturated carbocycles. The number of benzene rings is 1. The number of aryl methyl sites for hydroxylation is 1. The zero-order valence-corrected chi connectivity index (χ0v) is 14.2. The summed E-state index contributed by atoms with van der Waals surface area (Å²) in [5, 5.41) is 27.3. The molecule has 1 atom stereocenters. The molecule has 2 aromatic rings. The van der Waals surface area contributed by atoms with E-state index >= 15 is 0 Å². The molecular formula is C16H17N3O5S. The fourth-order valence-electron chi connectivity index (χ4n) is 2.06. The Balaban J connectivity index is 1.87. The smallest absolute Gasteiger partial charge is 0.313 e. The van der Waals surface area contributed by atoms with Gasteiger partial charge in [0.15, 0.2) is 0 Å². The second-order valence-electron chi connectivity index (χ2n) is 5.29. The summed E-state index contributed by atoms with van der Waals surface area (Å²) in [6.45, 7) is 1.79. The van der Waals surface area contributed by atoms with Crippen LogP contribution in [0.2, 0.25) is 0 Å². The molecule has 25 heavy (non-hydrogen) atoms. The lowest BCUT2D eigenvalue weighted by Crippen LogP contribution is -2.36. The van der Waals surface area contributed by atoms with Crippen LogP contribution in [0.5, 0.6) is 0 Å². The molecule has 1 aromatic carbocycles. The summed E-state index contributed by atoms with van der Waals surface area (Å²) < 4.78 is 0. The molecule has 2 rings (SSSR count). The Labute approximate surface area is 147 Å². The molecule has 9 heteroatoms. The van der Waals surface area contributed by atoms with E-state index in [1.807, 2.05) is 11.4 Å². The number of hydrogen-bond donors (Lipinski definition) is 3. The molecule has 1 unspecified atom stereocenters. The van der Waals surface area contributed by atoms with Crippen LogP contribution in [0, 0.1) is 17.0 Å². The van der Waals surface area contributed by atoms with Crippen molar-refractivity contribution >= 4 is 34.5 Å². The number of aliphatic hydroxyl groups is 1. The fourth-order valence-corrected chi connectivity index (χ4v) is 2.81. The minimum atomic E-state index is -0.922. The number of amides is 2. The van der Waals surface area contributed by atoms with Crippen LogP contribution in [-0.2, 0) is 9.59 Å². The lowest BCUT2D eigenvalue weighted by molar-refractivity contribution is -0.384. The van der Waals surface area contributed by atoms with Crippen LogP contribution in [-0.4, -0.2) is 28.4 Å². The number of aliphatic hydroxyl groups excluding tert-OH is 1. The van der Waals surface area contributed by atoms with E-state index in [0.29, 0.717) is 5.56 Å². The number of carbonyl (C=O) groups is 2. The van der Waals surface area contributed by atoms with E-state index in [-0.39, 0.29) is 24.3 Å². The third-order valence-corrected chi connectivity index (χ3v) is 4.43. The fraction of sp³-hybridized carbons (Fsp3) is 0.250. The summed E-state index contributed by atoms with van der Waals surface area (Å²) in [5.74, 6) is -1.79. The lowest BCUT2D eigenvalue weighted by atomic mass is 10.2. The van der Waals surface area contributed by atoms with Gasteiger partial charge in [0, 0.05) is 23.6 Å². The monoisotopic (exact) mass is 363 g/mol. The van der Waals surface area contributed by atoms with E-state index in [1.54, 1.807) is 13.0 Å². The Morgan fingerprint density at radius 2 is 2.08 bits per heavy atom. The van der Waals surface area contributed by atoms with Crippen LogP contribution >= 0.6 is 11.3 Å². The molecule has 0 aliphatic heterocycles. The molecule has 0 radical (unpaired) electrons. The van der Waals surface area contributed by atoms with Crippen LogP contribution in [0.3, 0.4) is 0 Å². The molecule has 0 spiro atoms. The van der Waals surface area contributed by atoms with Crippen LogP contribution in [0.25, 0.3) is 0 Å². The zero-order valence-electron chi connectivity index (χ0n) is 13.4. The number of nitro benzene ring substituents is 1. The molecular weight excluding hydrogens is 346 g/mol. The van der Waals surface area contributed by atoms with Crippen molar-refractivity contribution in [2.24, 2.45) is 0 Å². The molecule has 0 fully saturated rings. The van der Waals surface area contributed by atoms with Gasteiger partial charge in [-0.15, -0.1) is 11.3 Å². The van der Waals surface area contributed by atoms with Gasteiger partial charge in [-0.25, -0.2) is 0 Å². The van der Waals surface area contributed by atoms with Crippen LogP contribution in [0.15, 0.2) is 35.7 Å². The summed E-state index contributed by atoms with van der Waals surface area (Å²) in [7, 11) is 0. The van der Waals surface area contributed by atoms with Crippen molar-refractivity contribution in [3.8, 4) is 0 Å². The van der Waals surface area contributed by atoms with Gasteiger partial charge in [-0.2, -0.15) is 0 Å². The molecule has 0 aliphatic rings. The quantitative estimate of drug-likeness (QED) is 0.412. The Morgan fingerprint density at radius 3 is 2.72 bits per heavy atom. The number of hydrogen-bond acceptors (Lipinski definition) is 6. The van der Waals surface area contributed by atoms with Gasteiger partial charge in [-0.1, -0.05) is 12.1 Å². The van der Waals surface area contributed by atoms with E-state index in [9.17, 15) is 24.8 Å². The molecule has 2 amide bonds. The highest BCUT2D eigenvalue weighted by Crippen LogP contribution is 2.22.